The Morgan fingerprint density at radius 3 is 2.44 bits per heavy atom. The lowest BCUT2D eigenvalue weighted by atomic mass is 9.83. The molecule has 0 saturated heterocycles. The number of aromatic nitrogens is 1. The minimum absolute atomic E-state index is 0.0318. The molecule has 18 heavy (non-hydrogen) atoms. The number of hydrogen-bond donors (Lipinski definition) is 1. The first kappa shape index (κ1) is 14.0. The van der Waals surface area contributed by atoms with Crippen molar-refractivity contribution >= 4 is 11.3 Å². The van der Waals surface area contributed by atoms with Crippen molar-refractivity contribution in [2.24, 2.45) is 5.41 Å². The Morgan fingerprint density at radius 2 is 2.06 bits per heavy atom. The van der Waals surface area contributed by atoms with E-state index in [1.807, 2.05) is 11.3 Å². The van der Waals surface area contributed by atoms with Crippen molar-refractivity contribution in [3.05, 3.63) is 15.6 Å². The van der Waals surface area contributed by atoms with Gasteiger partial charge in [-0.05, 0) is 52.4 Å². The predicted octanol–water partition coefficient (Wildman–Crippen LogP) is 4.03. The largest absolute Gasteiger partial charge is 0.303 e. The zero-order valence-corrected chi connectivity index (χ0v) is 13.4. The molecule has 1 aliphatic rings. The van der Waals surface area contributed by atoms with Crippen LogP contribution in [0.2, 0.25) is 0 Å². The number of nitrogens with zero attached hydrogens (tertiary/aromatic N) is 1. The van der Waals surface area contributed by atoms with Gasteiger partial charge in [0.1, 0.15) is 5.01 Å². The van der Waals surface area contributed by atoms with Crippen molar-refractivity contribution in [3.8, 4) is 0 Å². The summed E-state index contributed by atoms with van der Waals surface area (Å²) < 4.78 is 0. The summed E-state index contributed by atoms with van der Waals surface area (Å²) in [4.78, 5) is 6.30. The van der Waals surface area contributed by atoms with Gasteiger partial charge in [0.15, 0.2) is 0 Å². The molecule has 1 aromatic rings. The monoisotopic (exact) mass is 266 g/mol. The molecule has 1 aliphatic carbocycles. The molecule has 1 N–H and O–H groups in total. The molecule has 1 unspecified atom stereocenters. The van der Waals surface area contributed by atoms with Gasteiger partial charge >= 0.3 is 0 Å². The summed E-state index contributed by atoms with van der Waals surface area (Å²) in [6.45, 7) is 13.6. The molecule has 1 atom stereocenters. The van der Waals surface area contributed by atoms with Gasteiger partial charge in [-0.2, -0.15) is 0 Å². The van der Waals surface area contributed by atoms with Crippen LogP contribution in [-0.4, -0.2) is 11.0 Å². The van der Waals surface area contributed by atoms with Crippen molar-refractivity contribution < 1.29 is 0 Å². The smallest absolute Gasteiger partial charge is 0.114 e. The maximum Gasteiger partial charge on any atom is 0.114 e. The SMILES string of the molecule is CCc1nc(C(C)(NC(C)C)C2(C)CC2)sc1C. The Balaban J connectivity index is 2.39. The van der Waals surface area contributed by atoms with Crippen LogP contribution in [0.3, 0.4) is 0 Å². The van der Waals surface area contributed by atoms with Crippen LogP contribution in [-0.2, 0) is 12.0 Å². The number of thiazole rings is 1. The maximum atomic E-state index is 4.92. The van der Waals surface area contributed by atoms with Crippen LogP contribution in [0.15, 0.2) is 0 Å². The first-order chi connectivity index (χ1) is 8.32. The van der Waals surface area contributed by atoms with Crippen molar-refractivity contribution in [2.45, 2.75) is 72.4 Å². The van der Waals surface area contributed by atoms with Gasteiger partial charge < -0.3 is 5.32 Å². The van der Waals surface area contributed by atoms with Crippen molar-refractivity contribution in [3.63, 3.8) is 0 Å². The molecule has 0 spiro atoms. The van der Waals surface area contributed by atoms with E-state index in [1.165, 1.54) is 28.4 Å². The third-order valence-corrected chi connectivity index (χ3v) is 5.67. The summed E-state index contributed by atoms with van der Waals surface area (Å²) in [6, 6.07) is 0.488. The molecule has 0 amide bonds. The molecule has 1 saturated carbocycles. The second-order valence-electron chi connectivity index (χ2n) is 6.36. The topological polar surface area (TPSA) is 24.9 Å². The fraction of sp³-hybridized carbons (Fsp3) is 0.800. The third-order valence-electron chi connectivity index (χ3n) is 4.44. The summed E-state index contributed by atoms with van der Waals surface area (Å²) >= 11 is 1.88. The second kappa shape index (κ2) is 4.61. The number of nitrogens with one attached hydrogen (secondary N) is 1. The Hall–Kier alpha value is -0.410. The Labute approximate surface area is 115 Å². The number of aryl methyl sites for hydroxylation is 2. The van der Waals surface area contributed by atoms with E-state index >= 15 is 0 Å². The lowest BCUT2D eigenvalue weighted by Crippen LogP contribution is -2.49. The van der Waals surface area contributed by atoms with Crippen molar-refractivity contribution in [2.75, 3.05) is 0 Å². The van der Waals surface area contributed by atoms with E-state index in [2.05, 4.69) is 46.9 Å². The summed E-state index contributed by atoms with van der Waals surface area (Å²) in [5.41, 5.74) is 1.69. The van der Waals surface area contributed by atoms with E-state index < -0.39 is 0 Å². The van der Waals surface area contributed by atoms with Crippen LogP contribution >= 0.6 is 11.3 Å². The minimum Gasteiger partial charge on any atom is -0.303 e. The zero-order valence-electron chi connectivity index (χ0n) is 12.6. The third kappa shape index (κ3) is 2.23. The van der Waals surface area contributed by atoms with Gasteiger partial charge in [0.2, 0.25) is 0 Å². The van der Waals surface area contributed by atoms with Crippen LogP contribution < -0.4 is 5.32 Å². The summed E-state index contributed by atoms with van der Waals surface area (Å²) in [5.74, 6) is 0. The summed E-state index contributed by atoms with van der Waals surface area (Å²) in [7, 11) is 0. The molecule has 0 aliphatic heterocycles. The van der Waals surface area contributed by atoms with Gasteiger partial charge in [0, 0.05) is 10.9 Å². The zero-order chi connectivity index (χ0) is 13.6. The molecule has 1 heterocycles. The molecule has 102 valence electrons. The van der Waals surface area contributed by atoms with Crippen molar-refractivity contribution in [1.29, 1.82) is 0 Å². The molecule has 0 aromatic carbocycles. The van der Waals surface area contributed by atoms with E-state index in [1.54, 1.807) is 0 Å². The normalized spacial score (nSPS) is 21.1. The molecule has 3 heteroatoms. The molecular formula is C15H26N2S. The van der Waals surface area contributed by atoms with E-state index in [0.717, 1.165) is 6.42 Å². The van der Waals surface area contributed by atoms with Crippen LogP contribution in [0.5, 0.6) is 0 Å². The van der Waals surface area contributed by atoms with Gasteiger partial charge in [-0.1, -0.05) is 13.8 Å². The molecule has 2 rings (SSSR count). The highest BCUT2D eigenvalue weighted by Gasteiger charge is 2.55. The van der Waals surface area contributed by atoms with E-state index in [0.29, 0.717) is 11.5 Å². The van der Waals surface area contributed by atoms with E-state index in [9.17, 15) is 0 Å². The lowest BCUT2D eigenvalue weighted by molar-refractivity contribution is 0.208. The second-order valence-corrected chi connectivity index (χ2v) is 7.56. The Morgan fingerprint density at radius 1 is 1.44 bits per heavy atom. The first-order valence-corrected chi connectivity index (χ1v) is 7.88. The van der Waals surface area contributed by atoms with Crippen LogP contribution in [0.1, 0.15) is 63.0 Å². The Kier molecular flexibility index (Phi) is 3.58. The molecule has 1 aromatic heterocycles. The van der Waals surface area contributed by atoms with Crippen LogP contribution in [0.4, 0.5) is 0 Å². The molecule has 0 bridgehead atoms. The Bertz CT molecular complexity index is 432. The van der Waals surface area contributed by atoms with Gasteiger partial charge in [0.25, 0.3) is 0 Å². The maximum absolute atomic E-state index is 4.92. The van der Waals surface area contributed by atoms with Crippen LogP contribution in [0.25, 0.3) is 0 Å². The molecule has 2 nitrogen and oxygen atoms in total. The molecule has 0 radical (unpaired) electrons. The van der Waals surface area contributed by atoms with Gasteiger partial charge in [-0.25, -0.2) is 4.98 Å². The average Bonchev–Trinajstić information content (AvgIpc) is 2.91. The number of hydrogen-bond acceptors (Lipinski definition) is 3. The summed E-state index contributed by atoms with van der Waals surface area (Å²) in [5, 5.41) is 5.07. The summed E-state index contributed by atoms with van der Waals surface area (Å²) in [6.07, 6.45) is 3.66. The quantitative estimate of drug-likeness (QED) is 0.870. The lowest BCUT2D eigenvalue weighted by Gasteiger charge is -2.37. The minimum atomic E-state index is 0.0318. The predicted molar refractivity (Wildman–Crippen MR) is 79.2 cm³/mol. The van der Waals surface area contributed by atoms with E-state index in [-0.39, 0.29) is 5.54 Å². The van der Waals surface area contributed by atoms with Crippen LogP contribution in [0, 0.1) is 12.3 Å². The van der Waals surface area contributed by atoms with Gasteiger partial charge in [-0.3, -0.25) is 0 Å². The fourth-order valence-corrected chi connectivity index (χ4v) is 3.99. The highest BCUT2D eigenvalue weighted by atomic mass is 32.1. The molecule has 1 fully saturated rings. The fourth-order valence-electron chi connectivity index (χ4n) is 2.73. The highest BCUT2D eigenvalue weighted by molar-refractivity contribution is 7.11. The number of rotatable bonds is 5. The van der Waals surface area contributed by atoms with Gasteiger partial charge in [-0.15, -0.1) is 11.3 Å². The van der Waals surface area contributed by atoms with E-state index in [4.69, 9.17) is 4.98 Å². The molecular weight excluding hydrogens is 240 g/mol. The van der Waals surface area contributed by atoms with Gasteiger partial charge in [0.05, 0.1) is 11.2 Å². The standard InChI is InChI=1S/C15H26N2S/c1-7-12-11(4)18-13(16-12)15(6,17-10(2)3)14(5)8-9-14/h10,17H,7-9H2,1-6H3. The van der Waals surface area contributed by atoms with Crippen molar-refractivity contribution in [1.82, 2.24) is 10.3 Å². The highest BCUT2D eigenvalue weighted by Crippen LogP contribution is 2.58. The first-order valence-electron chi connectivity index (χ1n) is 7.07. The average molecular weight is 266 g/mol.